The van der Waals surface area contributed by atoms with Crippen LogP contribution in [0.2, 0.25) is 0 Å². The lowest BCUT2D eigenvalue weighted by atomic mass is 9.97. The summed E-state index contributed by atoms with van der Waals surface area (Å²) in [6.07, 6.45) is 1.27. The highest BCUT2D eigenvalue weighted by molar-refractivity contribution is 5.89. The van der Waals surface area contributed by atoms with Crippen LogP contribution in [0.5, 0.6) is 17.2 Å². The lowest BCUT2D eigenvalue weighted by molar-refractivity contribution is -0.143. The second-order valence-corrected chi connectivity index (χ2v) is 9.60. The molecule has 0 spiro atoms. The monoisotopic (exact) mass is 438 g/mol. The molecule has 0 saturated heterocycles. The van der Waals surface area contributed by atoms with Crippen molar-refractivity contribution < 1.29 is 28.6 Å². The fourth-order valence-electron chi connectivity index (χ4n) is 2.69. The van der Waals surface area contributed by atoms with Crippen LogP contribution in [-0.2, 0) is 9.59 Å². The van der Waals surface area contributed by atoms with Crippen LogP contribution < -0.4 is 14.9 Å². The molecule has 0 amide bonds. The first kappa shape index (κ1) is 23.1. The Bertz CT molecular complexity index is 1240. The summed E-state index contributed by atoms with van der Waals surface area (Å²) < 4.78 is 16.2. The Labute approximate surface area is 185 Å². The van der Waals surface area contributed by atoms with E-state index in [4.69, 9.17) is 13.9 Å². The van der Waals surface area contributed by atoms with Gasteiger partial charge in [0, 0.05) is 12.1 Å². The molecule has 0 aliphatic carbocycles. The van der Waals surface area contributed by atoms with E-state index in [0.717, 1.165) is 0 Å². The molecule has 1 aromatic heterocycles. The average molecular weight is 438 g/mol. The van der Waals surface area contributed by atoms with E-state index in [9.17, 15) is 19.5 Å². The number of phenolic OH excluding ortho intramolecular Hbond substituents is 1. The topological polar surface area (TPSA) is 103 Å². The predicted octanol–water partition coefficient (Wildman–Crippen LogP) is 5.07. The van der Waals surface area contributed by atoms with Crippen molar-refractivity contribution in [1.29, 1.82) is 0 Å². The molecule has 0 radical (unpaired) electrons. The molecule has 7 heteroatoms. The minimum absolute atomic E-state index is 0.0266. The SMILES string of the molecule is CC(C)(C)C(=O)Oc1ccc(-c2coc3cc(OC(=O)C(C)(C)C)cc(O)c3c2=O)cc1. The fraction of sp³-hybridized carbons (Fsp3) is 0.320. The Hall–Kier alpha value is -3.61. The van der Waals surface area contributed by atoms with Crippen LogP contribution in [0.25, 0.3) is 22.1 Å². The van der Waals surface area contributed by atoms with Gasteiger partial charge in [0.05, 0.1) is 16.4 Å². The Morgan fingerprint density at radius 2 is 1.38 bits per heavy atom. The molecule has 32 heavy (non-hydrogen) atoms. The van der Waals surface area contributed by atoms with Gasteiger partial charge in [0.1, 0.15) is 34.5 Å². The van der Waals surface area contributed by atoms with Gasteiger partial charge in [0.2, 0.25) is 5.43 Å². The number of rotatable bonds is 3. The highest BCUT2D eigenvalue weighted by atomic mass is 16.5. The summed E-state index contributed by atoms with van der Waals surface area (Å²) in [5, 5.41) is 10.4. The van der Waals surface area contributed by atoms with E-state index in [2.05, 4.69) is 0 Å². The van der Waals surface area contributed by atoms with E-state index in [1.807, 2.05) is 0 Å². The molecule has 3 aromatic rings. The molecule has 7 nitrogen and oxygen atoms in total. The van der Waals surface area contributed by atoms with Gasteiger partial charge in [0.15, 0.2) is 0 Å². The number of esters is 2. The summed E-state index contributed by atoms with van der Waals surface area (Å²) in [4.78, 5) is 37.2. The summed E-state index contributed by atoms with van der Waals surface area (Å²) >= 11 is 0. The third kappa shape index (κ3) is 4.82. The van der Waals surface area contributed by atoms with Crippen molar-refractivity contribution >= 4 is 22.9 Å². The molecular weight excluding hydrogens is 412 g/mol. The summed E-state index contributed by atoms with van der Waals surface area (Å²) in [5.74, 6) is -0.779. The zero-order chi connectivity index (χ0) is 23.8. The number of aromatic hydroxyl groups is 1. The summed E-state index contributed by atoms with van der Waals surface area (Å²) in [5.41, 5.74) is -0.985. The van der Waals surface area contributed by atoms with E-state index in [1.54, 1.807) is 65.8 Å². The molecule has 1 N–H and O–H groups in total. The van der Waals surface area contributed by atoms with E-state index in [-0.39, 0.29) is 34.0 Å². The molecule has 1 heterocycles. The minimum atomic E-state index is -0.733. The molecule has 0 fully saturated rings. The molecule has 168 valence electrons. The molecule has 2 aromatic carbocycles. The van der Waals surface area contributed by atoms with Crippen LogP contribution in [0.3, 0.4) is 0 Å². The van der Waals surface area contributed by atoms with Gasteiger partial charge in [-0.3, -0.25) is 14.4 Å². The van der Waals surface area contributed by atoms with Crippen LogP contribution in [-0.4, -0.2) is 17.0 Å². The number of benzene rings is 2. The molecular formula is C25H26O7. The lowest BCUT2D eigenvalue weighted by Gasteiger charge is -2.16. The largest absolute Gasteiger partial charge is 0.507 e. The number of carbonyl (C=O) groups excluding carboxylic acids is 2. The number of hydrogen-bond acceptors (Lipinski definition) is 7. The van der Waals surface area contributed by atoms with Gasteiger partial charge in [-0.15, -0.1) is 0 Å². The van der Waals surface area contributed by atoms with Crippen molar-refractivity contribution in [3.05, 3.63) is 52.9 Å². The van der Waals surface area contributed by atoms with Gasteiger partial charge in [-0.2, -0.15) is 0 Å². The molecule has 0 bridgehead atoms. The molecule has 0 aliphatic heterocycles. The number of hydrogen-bond donors (Lipinski definition) is 1. The zero-order valence-corrected chi connectivity index (χ0v) is 18.9. The molecule has 0 aliphatic rings. The Balaban J connectivity index is 1.94. The van der Waals surface area contributed by atoms with Gasteiger partial charge in [0.25, 0.3) is 0 Å². The second kappa shape index (κ2) is 8.15. The average Bonchev–Trinajstić information content (AvgIpc) is 2.67. The van der Waals surface area contributed by atoms with Crippen molar-refractivity contribution in [2.45, 2.75) is 41.5 Å². The van der Waals surface area contributed by atoms with Crippen LogP contribution in [0.15, 0.2) is 51.9 Å². The van der Waals surface area contributed by atoms with Crippen molar-refractivity contribution in [3.63, 3.8) is 0 Å². The standard InChI is InChI=1S/C25H26O7/c1-24(2,3)22(28)31-15-9-7-14(8-10-15)17-13-30-19-12-16(32-23(29)25(4,5)6)11-18(26)20(19)21(17)27/h7-13,26H,1-6H3. The maximum absolute atomic E-state index is 13.0. The highest BCUT2D eigenvalue weighted by Crippen LogP contribution is 2.32. The Morgan fingerprint density at radius 1 is 0.844 bits per heavy atom. The molecule has 0 unspecified atom stereocenters. The predicted molar refractivity (Wildman–Crippen MR) is 120 cm³/mol. The first-order chi connectivity index (χ1) is 14.8. The van der Waals surface area contributed by atoms with E-state index >= 15 is 0 Å². The zero-order valence-electron chi connectivity index (χ0n) is 18.9. The first-order valence-corrected chi connectivity index (χ1v) is 10.1. The smallest absolute Gasteiger partial charge is 0.316 e. The van der Waals surface area contributed by atoms with Crippen LogP contribution in [0.4, 0.5) is 0 Å². The first-order valence-electron chi connectivity index (χ1n) is 10.1. The molecule has 0 atom stereocenters. The van der Waals surface area contributed by atoms with Crippen molar-refractivity contribution in [1.82, 2.24) is 0 Å². The van der Waals surface area contributed by atoms with E-state index in [0.29, 0.717) is 11.3 Å². The van der Waals surface area contributed by atoms with Gasteiger partial charge in [-0.1, -0.05) is 12.1 Å². The Morgan fingerprint density at radius 3 is 1.91 bits per heavy atom. The maximum atomic E-state index is 13.0. The molecule has 3 rings (SSSR count). The van der Waals surface area contributed by atoms with Gasteiger partial charge >= 0.3 is 11.9 Å². The normalized spacial score (nSPS) is 11.9. The number of carbonyl (C=O) groups is 2. The van der Waals surface area contributed by atoms with E-state index < -0.39 is 22.2 Å². The van der Waals surface area contributed by atoms with Crippen molar-refractivity contribution in [2.75, 3.05) is 0 Å². The van der Waals surface area contributed by atoms with Crippen LogP contribution in [0, 0.1) is 10.8 Å². The summed E-state index contributed by atoms with van der Waals surface area (Å²) in [7, 11) is 0. The quantitative estimate of drug-likeness (QED) is 0.450. The number of fused-ring (bicyclic) bond motifs is 1. The summed E-state index contributed by atoms with van der Waals surface area (Å²) in [6.45, 7) is 10.4. The van der Waals surface area contributed by atoms with E-state index in [1.165, 1.54) is 18.4 Å². The Kier molecular flexibility index (Phi) is 5.87. The maximum Gasteiger partial charge on any atom is 0.316 e. The lowest BCUT2D eigenvalue weighted by Crippen LogP contribution is -2.25. The second-order valence-electron chi connectivity index (χ2n) is 9.60. The fourth-order valence-corrected chi connectivity index (χ4v) is 2.69. The van der Waals surface area contributed by atoms with Crippen molar-refractivity contribution in [3.8, 4) is 28.4 Å². The van der Waals surface area contributed by atoms with Gasteiger partial charge in [-0.05, 0) is 59.2 Å². The minimum Gasteiger partial charge on any atom is -0.507 e. The number of ether oxygens (including phenoxy) is 2. The third-order valence-corrected chi connectivity index (χ3v) is 4.64. The van der Waals surface area contributed by atoms with Crippen LogP contribution >= 0.6 is 0 Å². The van der Waals surface area contributed by atoms with Crippen LogP contribution in [0.1, 0.15) is 41.5 Å². The van der Waals surface area contributed by atoms with Gasteiger partial charge < -0.3 is 19.0 Å². The third-order valence-electron chi connectivity index (χ3n) is 4.64. The highest BCUT2D eigenvalue weighted by Gasteiger charge is 2.25. The van der Waals surface area contributed by atoms with Gasteiger partial charge in [-0.25, -0.2) is 0 Å². The number of phenols is 1. The summed E-state index contributed by atoms with van der Waals surface area (Å²) in [6, 6.07) is 9.01. The molecule has 0 saturated carbocycles. The van der Waals surface area contributed by atoms with Crippen molar-refractivity contribution in [2.24, 2.45) is 10.8 Å².